The molecule has 2 amide bonds. The van der Waals surface area contributed by atoms with Gasteiger partial charge in [-0.2, -0.15) is 0 Å². The summed E-state index contributed by atoms with van der Waals surface area (Å²) in [5.74, 6) is 0.672. The van der Waals surface area contributed by atoms with Crippen molar-refractivity contribution in [2.24, 2.45) is 5.92 Å². The highest BCUT2D eigenvalue weighted by atomic mass is 35.5. The molecule has 0 spiro atoms. The zero-order chi connectivity index (χ0) is 16.8. The predicted molar refractivity (Wildman–Crippen MR) is 89.5 cm³/mol. The van der Waals surface area contributed by atoms with E-state index in [9.17, 15) is 9.59 Å². The van der Waals surface area contributed by atoms with Crippen molar-refractivity contribution in [1.82, 2.24) is 10.2 Å². The van der Waals surface area contributed by atoms with E-state index < -0.39 is 0 Å². The summed E-state index contributed by atoms with van der Waals surface area (Å²) in [5.41, 5.74) is 0. The first-order chi connectivity index (χ1) is 11.0. The molecular weight excluding hydrogens is 316 g/mol. The lowest BCUT2D eigenvalue weighted by atomic mass is 10.0. The van der Waals surface area contributed by atoms with Crippen LogP contribution in [0.1, 0.15) is 26.7 Å². The summed E-state index contributed by atoms with van der Waals surface area (Å²) in [6.07, 6.45) is 1.57. The highest BCUT2D eigenvalue weighted by Crippen LogP contribution is 2.16. The number of ether oxygens (including phenoxy) is 1. The molecule has 1 fully saturated rings. The van der Waals surface area contributed by atoms with Crippen LogP contribution in [-0.2, 0) is 9.59 Å². The molecule has 1 aliphatic rings. The number of halogens is 1. The Morgan fingerprint density at radius 1 is 1.26 bits per heavy atom. The molecule has 1 heterocycles. The van der Waals surface area contributed by atoms with E-state index >= 15 is 0 Å². The van der Waals surface area contributed by atoms with E-state index in [-0.39, 0.29) is 30.4 Å². The van der Waals surface area contributed by atoms with Gasteiger partial charge >= 0.3 is 0 Å². The molecule has 1 aromatic carbocycles. The molecule has 23 heavy (non-hydrogen) atoms. The van der Waals surface area contributed by atoms with Gasteiger partial charge in [0, 0.05) is 30.1 Å². The van der Waals surface area contributed by atoms with Crippen molar-refractivity contribution >= 4 is 23.4 Å². The van der Waals surface area contributed by atoms with Crippen molar-refractivity contribution in [2.75, 3.05) is 19.7 Å². The second-order valence-corrected chi connectivity index (χ2v) is 6.50. The zero-order valence-corrected chi connectivity index (χ0v) is 14.3. The summed E-state index contributed by atoms with van der Waals surface area (Å²) in [6, 6.07) is 7.00. The van der Waals surface area contributed by atoms with Gasteiger partial charge in [0.05, 0.1) is 0 Å². The molecule has 0 aliphatic carbocycles. The third-order valence-electron chi connectivity index (χ3n) is 3.85. The van der Waals surface area contributed by atoms with Crippen LogP contribution in [0.4, 0.5) is 0 Å². The summed E-state index contributed by atoms with van der Waals surface area (Å²) in [5, 5.41) is 3.59. The van der Waals surface area contributed by atoms with Crippen molar-refractivity contribution in [2.45, 2.75) is 32.7 Å². The van der Waals surface area contributed by atoms with Crippen LogP contribution >= 0.6 is 11.6 Å². The first kappa shape index (κ1) is 17.6. The Balaban J connectivity index is 1.70. The monoisotopic (exact) mass is 338 g/mol. The molecule has 0 unspecified atom stereocenters. The van der Waals surface area contributed by atoms with E-state index in [2.05, 4.69) is 5.32 Å². The molecule has 1 N–H and O–H groups in total. The fourth-order valence-corrected chi connectivity index (χ4v) is 2.68. The minimum absolute atomic E-state index is 0.0211. The van der Waals surface area contributed by atoms with Gasteiger partial charge in [-0.3, -0.25) is 9.59 Å². The van der Waals surface area contributed by atoms with Crippen molar-refractivity contribution in [3.05, 3.63) is 29.3 Å². The SMILES string of the molecule is CC(C)C(=O)N1CCC(NC(=O)COc2ccc(Cl)cc2)CC1. The molecule has 2 rings (SSSR count). The van der Waals surface area contributed by atoms with E-state index in [1.165, 1.54) is 0 Å². The normalized spacial score (nSPS) is 15.6. The number of likely N-dealkylation sites (tertiary alicyclic amines) is 1. The van der Waals surface area contributed by atoms with Crippen LogP contribution in [0.5, 0.6) is 5.75 Å². The lowest BCUT2D eigenvalue weighted by Crippen LogP contribution is -2.48. The third kappa shape index (κ3) is 5.43. The summed E-state index contributed by atoms with van der Waals surface area (Å²) in [6.45, 7) is 5.18. The molecule has 1 aromatic rings. The first-order valence-electron chi connectivity index (χ1n) is 7.92. The van der Waals surface area contributed by atoms with Gasteiger partial charge in [-0.15, -0.1) is 0 Å². The average molecular weight is 339 g/mol. The Kier molecular flexibility index (Phi) is 6.28. The maximum atomic E-state index is 11.9. The van der Waals surface area contributed by atoms with E-state index in [1.54, 1.807) is 24.3 Å². The lowest BCUT2D eigenvalue weighted by molar-refractivity contribution is -0.135. The molecule has 0 aromatic heterocycles. The molecule has 0 saturated carbocycles. The zero-order valence-electron chi connectivity index (χ0n) is 13.5. The van der Waals surface area contributed by atoms with Crippen LogP contribution in [-0.4, -0.2) is 42.5 Å². The Morgan fingerprint density at radius 3 is 2.43 bits per heavy atom. The van der Waals surface area contributed by atoms with Gasteiger partial charge in [-0.05, 0) is 37.1 Å². The highest BCUT2D eigenvalue weighted by molar-refractivity contribution is 6.30. The van der Waals surface area contributed by atoms with Gasteiger partial charge in [0.1, 0.15) is 5.75 Å². The van der Waals surface area contributed by atoms with Crippen LogP contribution in [0.3, 0.4) is 0 Å². The van der Waals surface area contributed by atoms with Crippen molar-refractivity contribution in [1.29, 1.82) is 0 Å². The van der Waals surface area contributed by atoms with Gasteiger partial charge in [-0.25, -0.2) is 0 Å². The van der Waals surface area contributed by atoms with E-state index in [4.69, 9.17) is 16.3 Å². The molecule has 0 bridgehead atoms. The van der Waals surface area contributed by atoms with E-state index in [0.29, 0.717) is 23.9 Å². The molecular formula is C17H23ClN2O3. The van der Waals surface area contributed by atoms with Crippen molar-refractivity contribution < 1.29 is 14.3 Å². The molecule has 0 radical (unpaired) electrons. The quantitative estimate of drug-likeness (QED) is 0.897. The minimum Gasteiger partial charge on any atom is -0.484 e. The van der Waals surface area contributed by atoms with Gasteiger partial charge in [-0.1, -0.05) is 25.4 Å². The molecule has 6 heteroatoms. The summed E-state index contributed by atoms with van der Waals surface area (Å²) < 4.78 is 5.42. The second kappa shape index (κ2) is 8.20. The Labute approximate surface area is 141 Å². The van der Waals surface area contributed by atoms with E-state index in [0.717, 1.165) is 12.8 Å². The van der Waals surface area contributed by atoms with Crippen molar-refractivity contribution in [3.8, 4) is 5.75 Å². The van der Waals surface area contributed by atoms with Crippen LogP contribution in [0.15, 0.2) is 24.3 Å². The summed E-state index contributed by atoms with van der Waals surface area (Å²) >= 11 is 5.79. The summed E-state index contributed by atoms with van der Waals surface area (Å²) in [4.78, 5) is 25.7. The Bertz CT molecular complexity index is 537. The maximum absolute atomic E-state index is 11.9. The number of piperidine rings is 1. The lowest BCUT2D eigenvalue weighted by Gasteiger charge is -2.33. The number of benzene rings is 1. The van der Waals surface area contributed by atoms with Crippen molar-refractivity contribution in [3.63, 3.8) is 0 Å². The number of nitrogens with zero attached hydrogens (tertiary/aromatic N) is 1. The predicted octanol–water partition coefficient (Wildman–Crippen LogP) is 2.48. The molecule has 1 saturated heterocycles. The number of rotatable bonds is 5. The number of nitrogens with one attached hydrogen (secondary N) is 1. The first-order valence-corrected chi connectivity index (χ1v) is 8.30. The summed E-state index contributed by atoms with van der Waals surface area (Å²) in [7, 11) is 0. The van der Waals surface area contributed by atoms with Crippen LogP contribution < -0.4 is 10.1 Å². The number of amides is 2. The minimum atomic E-state index is -0.145. The number of carbonyl (C=O) groups is 2. The largest absolute Gasteiger partial charge is 0.484 e. The van der Waals surface area contributed by atoms with Gasteiger partial charge in [0.25, 0.3) is 5.91 Å². The van der Waals surface area contributed by atoms with Crippen LogP contribution in [0, 0.1) is 5.92 Å². The number of carbonyl (C=O) groups excluding carboxylic acids is 2. The van der Waals surface area contributed by atoms with Gasteiger partial charge < -0.3 is 15.0 Å². The number of hydrogen-bond donors (Lipinski definition) is 1. The molecule has 1 aliphatic heterocycles. The maximum Gasteiger partial charge on any atom is 0.258 e. The fraction of sp³-hybridized carbons (Fsp3) is 0.529. The Hall–Kier alpha value is -1.75. The van der Waals surface area contributed by atoms with E-state index in [1.807, 2.05) is 18.7 Å². The second-order valence-electron chi connectivity index (χ2n) is 6.06. The fourth-order valence-electron chi connectivity index (χ4n) is 2.56. The standard InChI is InChI=1S/C17H23ClN2O3/c1-12(2)17(22)20-9-7-14(8-10-20)19-16(21)11-23-15-5-3-13(18)4-6-15/h3-6,12,14H,7-11H2,1-2H3,(H,19,21). The smallest absolute Gasteiger partial charge is 0.258 e. The molecule has 0 atom stereocenters. The molecule has 126 valence electrons. The van der Waals surface area contributed by atoms with Gasteiger partial charge in [0.2, 0.25) is 5.91 Å². The third-order valence-corrected chi connectivity index (χ3v) is 4.10. The Morgan fingerprint density at radius 2 is 1.87 bits per heavy atom. The highest BCUT2D eigenvalue weighted by Gasteiger charge is 2.25. The topological polar surface area (TPSA) is 58.6 Å². The van der Waals surface area contributed by atoms with Gasteiger partial charge in [0.15, 0.2) is 6.61 Å². The number of hydrogen-bond acceptors (Lipinski definition) is 3. The van der Waals surface area contributed by atoms with Crippen LogP contribution in [0.25, 0.3) is 0 Å². The molecule has 5 nitrogen and oxygen atoms in total. The van der Waals surface area contributed by atoms with Crippen LogP contribution in [0.2, 0.25) is 5.02 Å². The average Bonchev–Trinajstić information content (AvgIpc) is 2.54.